The van der Waals surface area contributed by atoms with Crippen molar-refractivity contribution in [2.75, 3.05) is 0 Å². The van der Waals surface area contributed by atoms with Gasteiger partial charge in [0.2, 0.25) is 0 Å². The van der Waals surface area contributed by atoms with E-state index < -0.39 is 0 Å². The minimum Gasteiger partial charge on any atom is -0.294 e. The van der Waals surface area contributed by atoms with Crippen LogP contribution in [-0.2, 0) is 6.54 Å². The molecule has 0 atom stereocenters. The van der Waals surface area contributed by atoms with Crippen molar-refractivity contribution in [2.45, 2.75) is 6.54 Å². The topological polar surface area (TPSA) is 90.0 Å². The number of nitrogens with two attached hydrogens (primary N) is 1. The van der Waals surface area contributed by atoms with Gasteiger partial charge in [0, 0.05) is 16.2 Å². The molecular formula is C12H10Br2N4O2. The second-order valence-electron chi connectivity index (χ2n) is 3.95. The Morgan fingerprint density at radius 1 is 1.35 bits per heavy atom. The summed E-state index contributed by atoms with van der Waals surface area (Å²) in [5.41, 5.74) is 3.17. The molecule has 0 saturated carbocycles. The molecule has 0 aliphatic rings. The molecule has 1 aromatic carbocycles. The maximum Gasteiger partial charge on any atom is 0.267 e. The van der Waals surface area contributed by atoms with Gasteiger partial charge in [-0.15, -0.1) is 0 Å². The molecule has 20 heavy (non-hydrogen) atoms. The summed E-state index contributed by atoms with van der Waals surface area (Å²) in [6, 6.07) is 5.04. The van der Waals surface area contributed by atoms with Crippen LogP contribution in [0, 0.1) is 0 Å². The van der Waals surface area contributed by atoms with Crippen molar-refractivity contribution < 1.29 is 4.79 Å². The van der Waals surface area contributed by atoms with Crippen LogP contribution in [0.4, 0.5) is 0 Å². The van der Waals surface area contributed by atoms with Gasteiger partial charge in [-0.25, -0.2) is 10.8 Å². The highest BCUT2D eigenvalue weighted by atomic mass is 79.9. The number of halogens is 2. The van der Waals surface area contributed by atoms with Gasteiger partial charge in [0.1, 0.15) is 4.47 Å². The Balaban J connectivity index is 2.33. The van der Waals surface area contributed by atoms with Crippen LogP contribution in [0.1, 0.15) is 15.9 Å². The average Bonchev–Trinajstić information content (AvgIpc) is 2.45. The number of hydrogen-bond donors (Lipinski definition) is 2. The van der Waals surface area contributed by atoms with Crippen molar-refractivity contribution in [3.63, 3.8) is 0 Å². The van der Waals surface area contributed by atoms with Crippen LogP contribution in [0.25, 0.3) is 0 Å². The summed E-state index contributed by atoms with van der Waals surface area (Å²) in [7, 11) is 0. The van der Waals surface area contributed by atoms with E-state index in [-0.39, 0.29) is 11.5 Å². The second-order valence-corrected chi connectivity index (χ2v) is 5.66. The van der Waals surface area contributed by atoms with Gasteiger partial charge in [-0.1, -0.05) is 22.0 Å². The molecule has 0 unspecified atom stereocenters. The van der Waals surface area contributed by atoms with Gasteiger partial charge in [-0.05, 0) is 33.6 Å². The van der Waals surface area contributed by atoms with Crippen LogP contribution in [0.15, 0.2) is 44.5 Å². The zero-order chi connectivity index (χ0) is 14.7. The monoisotopic (exact) mass is 400 g/mol. The first-order chi connectivity index (χ1) is 9.52. The Labute approximate surface area is 131 Å². The number of amides is 1. The van der Waals surface area contributed by atoms with Crippen molar-refractivity contribution in [1.29, 1.82) is 0 Å². The van der Waals surface area contributed by atoms with Gasteiger partial charge in [0.15, 0.2) is 0 Å². The van der Waals surface area contributed by atoms with Crippen LogP contribution in [0.2, 0.25) is 0 Å². The van der Waals surface area contributed by atoms with Gasteiger partial charge in [0.25, 0.3) is 11.5 Å². The number of carbonyl (C=O) groups is 1. The van der Waals surface area contributed by atoms with E-state index in [0.717, 1.165) is 5.56 Å². The van der Waals surface area contributed by atoms with Crippen LogP contribution in [0.5, 0.6) is 0 Å². The first-order valence-corrected chi connectivity index (χ1v) is 7.11. The molecule has 0 fully saturated rings. The molecule has 1 aromatic heterocycles. The molecule has 0 saturated heterocycles. The van der Waals surface area contributed by atoms with Crippen LogP contribution >= 0.6 is 31.9 Å². The molecule has 1 amide bonds. The number of hydrogen-bond acceptors (Lipinski definition) is 4. The van der Waals surface area contributed by atoms with Gasteiger partial charge < -0.3 is 0 Å². The first kappa shape index (κ1) is 14.9. The maximum atomic E-state index is 11.9. The fourth-order valence-corrected chi connectivity index (χ4v) is 2.47. The quantitative estimate of drug-likeness (QED) is 0.462. The molecule has 6 nitrogen and oxygen atoms in total. The average molecular weight is 402 g/mol. The molecule has 8 heteroatoms. The highest BCUT2D eigenvalue weighted by Crippen LogP contribution is 2.19. The number of benzene rings is 1. The summed E-state index contributed by atoms with van der Waals surface area (Å²) in [5.74, 6) is 4.70. The molecule has 0 bridgehead atoms. The highest BCUT2D eigenvalue weighted by molar-refractivity contribution is 9.10. The molecule has 0 aliphatic heterocycles. The molecule has 0 radical (unpaired) electrons. The smallest absolute Gasteiger partial charge is 0.267 e. The first-order valence-electron chi connectivity index (χ1n) is 5.52. The molecule has 1 heterocycles. The Morgan fingerprint density at radius 3 is 2.75 bits per heavy atom. The van der Waals surface area contributed by atoms with Gasteiger partial charge in [-0.2, -0.15) is 0 Å². The standard InChI is InChI=1S/C12H10Br2N4O2/c13-9-3-7(11(19)17-15)1-2-8(9)5-18-6-16-4-10(14)12(18)20/h1-4,6H,5,15H2,(H,17,19). The predicted octanol–water partition coefficient (Wildman–Crippen LogP) is 1.42. The second kappa shape index (κ2) is 6.29. The molecule has 104 valence electrons. The minimum atomic E-state index is -0.376. The van der Waals surface area contributed by atoms with Crippen molar-refractivity contribution in [3.8, 4) is 0 Å². The van der Waals surface area contributed by atoms with E-state index in [2.05, 4.69) is 42.3 Å². The third-order valence-corrected chi connectivity index (χ3v) is 3.93. The Morgan fingerprint density at radius 2 is 2.10 bits per heavy atom. The van der Waals surface area contributed by atoms with E-state index in [1.807, 2.05) is 0 Å². The molecule has 0 spiro atoms. The molecule has 2 aromatic rings. The fourth-order valence-electron chi connectivity index (χ4n) is 1.62. The molecular weight excluding hydrogens is 392 g/mol. The van der Waals surface area contributed by atoms with E-state index in [4.69, 9.17) is 5.84 Å². The predicted molar refractivity (Wildman–Crippen MR) is 81.1 cm³/mol. The van der Waals surface area contributed by atoms with Crippen molar-refractivity contribution in [3.05, 3.63) is 61.1 Å². The van der Waals surface area contributed by atoms with Crippen molar-refractivity contribution in [2.24, 2.45) is 5.84 Å². The lowest BCUT2D eigenvalue weighted by Crippen LogP contribution is -2.30. The fraction of sp³-hybridized carbons (Fsp3) is 0.0833. The lowest BCUT2D eigenvalue weighted by Gasteiger charge is -2.09. The summed E-state index contributed by atoms with van der Waals surface area (Å²) in [6.45, 7) is 0.344. The van der Waals surface area contributed by atoms with Crippen LogP contribution < -0.4 is 16.8 Å². The van der Waals surface area contributed by atoms with Crippen LogP contribution in [-0.4, -0.2) is 15.5 Å². The summed E-state index contributed by atoms with van der Waals surface area (Å²) in [5, 5.41) is 0. The number of nitrogens with one attached hydrogen (secondary N) is 1. The van der Waals surface area contributed by atoms with Crippen molar-refractivity contribution in [1.82, 2.24) is 15.0 Å². The van der Waals surface area contributed by atoms with E-state index >= 15 is 0 Å². The SMILES string of the molecule is NNC(=O)c1ccc(Cn2cncc(Br)c2=O)c(Br)c1. The Kier molecular flexibility index (Phi) is 4.69. The number of carbonyl (C=O) groups excluding carboxylic acids is 1. The third kappa shape index (κ3) is 3.14. The van der Waals surface area contributed by atoms with E-state index in [1.54, 1.807) is 18.2 Å². The summed E-state index contributed by atoms with van der Waals surface area (Å²) in [4.78, 5) is 27.2. The maximum absolute atomic E-state index is 11.9. The van der Waals surface area contributed by atoms with Gasteiger partial charge >= 0.3 is 0 Å². The minimum absolute atomic E-state index is 0.171. The Hall–Kier alpha value is -1.51. The number of nitrogens with zero attached hydrogens (tertiary/aromatic N) is 2. The largest absolute Gasteiger partial charge is 0.294 e. The lowest BCUT2D eigenvalue weighted by molar-refractivity contribution is 0.0953. The summed E-state index contributed by atoms with van der Waals surface area (Å²) in [6.07, 6.45) is 2.91. The van der Waals surface area contributed by atoms with E-state index in [9.17, 15) is 9.59 Å². The molecule has 0 aliphatic carbocycles. The third-order valence-electron chi connectivity index (χ3n) is 2.65. The number of rotatable bonds is 3. The normalized spacial score (nSPS) is 10.3. The molecule has 2 rings (SSSR count). The van der Waals surface area contributed by atoms with Crippen LogP contribution in [0.3, 0.4) is 0 Å². The number of aromatic nitrogens is 2. The Bertz CT molecular complexity index is 715. The lowest BCUT2D eigenvalue weighted by atomic mass is 10.1. The zero-order valence-corrected chi connectivity index (χ0v) is 13.3. The van der Waals surface area contributed by atoms with Gasteiger partial charge in [0.05, 0.1) is 12.9 Å². The van der Waals surface area contributed by atoms with E-state index in [0.29, 0.717) is 21.1 Å². The van der Waals surface area contributed by atoms with Gasteiger partial charge in [-0.3, -0.25) is 19.6 Å². The summed E-state index contributed by atoms with van der Waals surface area (Å²) < 4.78 is 2.58. The summed E-state index contributed by atoms with van der Waals surface area (Å²) >= 11 is 6.52. The van der Waals surface area contributed by atoms with Crippen molar-refractivity contribution >= 4 is 37.8 Å². The molecule has 3 N–H and O–H groups in total. The number of nitrogen functional groups attached to an aromatic ring is 1. The zero-order valence-electron chi connectivity index (χ0n) is 10.1. The highest BCUT2D eigenvalue weighted by Gasteiger charge is 2.09. The number of hydrazine groups is 1. The van der Waals surface area contributed by atoms with E-state index in [1.165, 1.54) is 17.1 Å².